The van der Waals surface area contributed by atoms with E-state index in [0.717, 1.165) is 43.5 Å². The molecule has 4 rings (SSSR count). The lowest BCUT2D eigenvalue weighted by Gasteiger charge is -2.44. The summed E-state index contributed by atoms with van der Waals surface area (Å²) in [6.07, 6.45) is 3.77. The summed E-state index contributed by atoms with van der Waals surface area (Å²) >= 11 is 0. The molecule has 0 spiro atoms. The molecule has 1 fully saturated rings. The van der Waals surface area contributed by atoms with E-state index in [4.69, 9.17) is 0 Å². The van der Waals surface area contributed by atoms with E-state index >= 15 is 0 Å². The monoisotopic (exact) mass is 505 g/mol. The SMILES string of the molecule is CC(C)C(=O)N1CCC2CCCC(CN(C(=O)CCC(=O)O)Cc3ccccc31)N2Cc1ccccc1. The number of para-hydroxylation sites is 1. The number of nitrogens with zero attached hydrogens (tertiary/aromatic N) is 3. The lowest BCUT2D eigenvalue weighted by Crippen LogP contribution is -2.52. The molecule has 2 bridgehead atoms. The first kappa shape index (κ1) is 26.9. The number of anilines is 1. The molecule has 2 heterocycles. The fraction of sp³-hybridized carbons (Fsp3) is 0.500. The van der Waals surface area contributed by atoms with Gasteiger partial charge < -0.3 is 14.9 Å². The maximum absolute atomic E-state index is 13.4. The van der Waals surface area contributed by atoms with Crippen LogP contribution in [0, 0.1) is 5.92 Å². The number of hydrogen-bond donors (Lipinski definition) is 1. The fourth-order valence-electron chi connectivity index (χ4n) is 5.71. The van der Waals surface area contributed by atoms with Crippen LogP contribution in [0.3, 0.4) is 0 Å². The van der Waals surface area contributed by atoms with E-state index in [9.17, 15) is 19.5 Å². The summed E-state index contributed by atoms with van der Waals surface area (Å²) < 4.78 is 0. The highest BCUT2D eigenvalue weighted by molar-refractivity contribution is 5.95. The van der Waals surface area contributed by atoms with Crippen LogP contribution in [0.2, 0.25) is 0 Å². The summed E-state index contributed by atoms with van der Waals surface area (Å²) in [7, 11) is 0. The second-order valence-electron chi connectivity index (χ2n) is 10.6. The quantitative estimate of drug-likeness (QED) is 0.616. The molecular weight excluding hydrogens is 466 g/mol. The van der Waals surface area contributed by atoms with E-state index in [1.807, 2.05) is 54.0 Å². The van der Waals surface area contributed by atoms with Crippen molar-refractivity contribution in [1.29, 1.82) is 0 Å². The Morgan fingerprint density at radius 1 is 0.919 bits per heavy atom. The number of carboxylic acids is 1. The van der Waals surface area contributed by atoms with Gasteiger partial charge in [0.25, 0.3) is 0 Å². The normalized spacial score (nSPS) is 20.7. The zero-order chi connectivity index (χ0) is 26.4. The molecule has 7 heteroatoms. The van der Waals surface area contributed by atoms with E-state index in [1.54, 1.807) is 0 Å². The zero-order valence-electron chi connectivity index (χ0n) is 22.0. The van der Waals surface area contributed by atoms with Gasteiger partial charge in [-0.3, -0.25) is 19.3 Å². The predicted molar refractivity (Wildman–Crippen MR) is 144 cm³/mol. The summed E-state index contributed by atoms with van der Waals surface area (Å²) in [6.45, 7) is 6.18. The average molecular weight is 506 g/mol. The number of hydrogen-bond acceptors (Lipinski definition) is 4. The Balaban J connectivity index is 1.73. The van der Waals surface area contributed by atoms with Crippen molar-refractivity contribution in [2.75, 3.05) is 18.0 Å². The maximum Gasteiger partial charge on any atom is 0.303 e. The van der Waals surface area contributed by atoms with Crippen molar-refractivity contribution in [3.63, 3.8) is 0 Å². The molecule has 2 atom stereocenters. The minimum Gasteiger partial charge on any atom is -0.481 e. The van der Waals surface area contributed by atoms with Gasteiger partial charge in [-0.15, -0.1) is 0 Å². The van der Waals surface area contributed by atoms with Gasteiger partial charge in [0.1, 0.15) is 0 Å². The number of carboxylic acid groups (broad SMARTS) is 1. The van der Waals surface area contributed by atoms with Crippen molar-refractivity contribution in [2.45, 2.75) is 77.5 Å². The molecule has 2 aromatic carbocycles. The minimum atomic E-state index is -0.969. The average Bonchev–Trinajstić information content (AvgIpc) is 2.90. The van der Waals surface area contributed by atoms with E-state index in [-0.39, 0.29) is 36.6 Å². The molecule has 2 amide bonds. The number of amides is 2. The number of fused-ring (bicyclic) bond motifs is 3. The second-order valence-corrected chi connectivity index (χ2v) is 10.6. The number of carbonyl (C=O) groups excluding carboxylic acids is 2. The van der Waals surface area contributed by atoms with Gasteiger partial charge in [0, 0.05) is 56.3 Å². The van der Waals surface area contributed by atoms with Crippen molar-refractivity contribution in [2.24, 2.45) is 5.92 Å². The van der Waals surface area contributed by atoms with Crippen LogP contribution in [0.5, 0.6) is 0 Å². The van der Waals surface area contributed by atoms with Crippen LogP contribution < -0.4 is 4.90 Å². The molecule has 37 heavy (non-hydrogen) atoms. The van der Waals surface area contributed by atoms with Gasteiger partial charge in [-0.1, -0.05) is 68.8 Å². The summed E-state index contributed by atoms with van der Waals surface area (Å²) in [5.74, 6) is -1.19. The third-order valence-corrected chi connectivity index (χ3v) is 7.65. The lowest BCUT2D eigenvalue weighted by atomic mass is 9.92. The number of aliphatic carboxylic acids is 1. The molecule has 0 aliphatic carbocycles. The summed E-state index contributed by atoms with van der Waals surface area (Å²) in [5, 5.41) is 9.21. The molecular formula is C30H39N3O4. The van der Waals surface area contributed by atoms with Gasteiger partial charge in [0.2, 0.25) is 11.8 Å². The maximum atomic E-state index is 13.4. The van der Waals surface area contributed by atoms with Crippen molar-refractivity contribution < 1.29 is 19.5 Å². The molecule has 0 saturated carbocycles. The third-order valence-electron chi connectivity index (χ3n) is 7.65. The summed E-state index contributed by atoms with van der Waals surface area (Å²) in [6, 6.07) is 18.7. The van der Waals surface area contributed by atoms with E-state index in [0.29, 0.717) is 25.7 Å². The minimum absolute atomic E-state index is 0.0268. The smallest absolute Gasteiger partial charge is 0.303 e. The van der Waals surface area contributed by atoms with Crippen molar-refractivity contribution in [3.05, 3.63) is 65.7 Å². The van der Waals surface area contributed by atoms with E-state index in [2.05, 4.69) is 29.2 Å². The number of carbonyl (C=O) groups is 3. The van der Waals surface area contributed by atoms with Gasteiger partial charge in [0.05, 0.1) is 6.42 Å². The highest BCUT2D eigenvalue weighted by Gasteiger charge is 2.35. The lowest BCUT2D eigenvalue weighted by molar-refractivity contribution is -0.141. The topological polar surface area (TPSA) is 81.2 Å². The molecule has 1 saturated heterocycles. The highest BCUT2D eigenvalue weighted by Crippen LogP contribution is 2.32. The van der Waals surface area contributed by atoms with Gasteiger partial charge in [-0.25, -0.2) is 0 Å². The van der Waals surface area contributed by atoms with Gasteiger partial charge in [-0.05, 0) is 36.5 Å². The van der Waals surface area contributed by atoms with Crippen molar-refractivity contribution in [1.82, 2.24) is 9.80 Å². The highest BCUT2D eigenvalue weighted by atomic mass is 16.4. The molecule has 1 N–H and O–H groups in total. The van der Waals surface area contributed by atoms with Gasteiger partial charge in [-0.2, -0.15) is 0 Å². The molecule has 2 aliphatic heterocycles. The summed E-state index contributed by atoms with van der Waals surface area (Å²) in [4.78, 5) is 44.3. The zero-order valence-corrected chi connectivity index (χ0v) is 22.0. The first-order valence-corrected chi connectivity index (χ1v) is 13.5. The molecule has 2 aromatic rings. The van der Waals surface area contributed by atoms with Crippen LogP contribution in [-0.4, -0.2) is 57.9 Å². The molecule has 7 nitrogen and oxygen atoms in total. The van der Waals surface area contributed by atoms with Crippen molar-refractivity contribution in [3.8, 4) is 0 Å². The Morgan fingerprint density at radius 3 is 2.35 bits per heavy atom. The Bertz CT molecular complexity index is 1090. The van der Waals surface area contributed by atoms with Crippen LogP contribution in [-0.2, 0) is 27.5 Å². The number of rotatable bonds is 6. The number of piperidine rings is 1. The molecule has 198 valence electrons. The Labute approximate surface area is 220 Å². The second kappa shape index (κ2) is 12.4. The van der Waals surface area contributed by atoms with Gasteiger partial charge in [0.15, 0.2) is 0 Å². The largest absolute Gasteiger partial charge is 0.481 e. The van der Waals surface area contributed by atoms with Crippen LogP contribution in [0.15, 0.2) is 54.6 Å². The molecule has 2 unspecified atom stereocenters. The third kappa shape index (κ3) is 6.77. The predicted octanol–water partition coefficient (Wildman–Crippen LogP) is 4.70. The van der Waals surface area contributed by atoms with Crippen LogP contribution in [0.1, 0.15) is 63.5 Å². The Morgan fingerprint density at radius 2 is 1.62 bits per heavy atom. The molecule has 0 radical (unpaired) electrons. The Kier molecular flexibility index (Phi) is 8.98. The Hall–Kier alpha value is -3.19. The van der Waals surface area contributed by atoms with Crippen LogP contribution >= 0.6 is 0 Å². The fourth-order valence-corrected chi connectivity index (χ4v) is 5.71. The first-order valence-electron chi connectivity index (χ1n) is 13.5. The molecule has 0 aromatic heterocycles. The van der Waals surface area contributed by atoms with E-state index in [1.165, 1.54) is 5.56 Å². The number of benzene rings is 2. The van der Waals surface area contributed by atoms with Crippen LogP contribution in [0.25, 0.3) is 0 Å². The van der Waals surface area contributed by atoms with Gasteiger partial charge >= 0.3 is 5.97 Å². The standard InChI is InChI=1S/C30H39N3O4/c1-22(2)30(37)32-18-17-25-12-8-13-26(33(25)19-23-9-4-3-5-10-23)21-31(28(34)15-16-29(35)36)20-24-11-6-7-14-27(24)32/h3-7,9-11,14,22,25-26H,8,12-13,15-21H2,1-2H3,(H,35,36). The van der Waals surface area contributed by atoms with E-state index < -0.39 is 5.97 Å². The molecule has 2 aliphatic rings. The summed E-state index contributed by atoms with van der Waals surface area (Å²) in [5.41, 5.74) is 3.01. The van der Waals surface area contributed by atoms with Crippen LogP contribution in [0.4, 0.5) is 5.69 Å². The van der Waals surface area contributed by atoms with Crippen molar-refractivity contribution >= 4 is 23.5 Å². The first-order chi connectivity index (χ1) is 17.8.